The molecule has 0 unspecified atom stereocenters. The van der Waals surface area contributed by atoms with Gasteiger partial charge >= 0.3 is 5.97 Å². The van der Waals surface area contributed by atoms with Gasteiger partial charge in [-0.15, -0.1) is 0 Å². The Balaban J connectivity index is 2.79. The molecule has 0 aliphatic rings. The van der Waals surface area contributed by atoms with E-state index in [0.717, 1.165) is 12.0 Å². The van der Waals surface area contributed by atoms with E-state index in [4.69, 9.17) is 5.11 Å². The van der Waals surface area contributed by atoms with Crippen molar-refractivity contribution in [3.63, 3.8) is 0 Å². The molecule has 0 aromatic heterocycles. The summed E-state index contributed by atoms with van der Waals surface area (Å²) in [4.78, 5) is 10.6. The highest BCUT2D eigenvalue weighted by Gasteiger charge is 2.11. The SMILES string of the molecule is CC(C)(C)Cc1cccc(CC(=O)O)c1. The van der Waals surface area contributed by atoms with Gasteiger partial charge in [0.15, 0.2) is 0 Å². The number of hydrogen-bond acceptors (Lipinski definition) is 1. The van der Waals surface area contributed by atoms with Crippen LogP contribution in [0.1, 0.15) is 31.9 Å². The van der Waals surface area contributed by atoms with Gasteiger partial charge < -0.3 is 5.11 Å². The molecular weight excluding hydrogens is 188 g/mol. The Morgan fingerprint density at radius 1 is 1.27 bits per heavy atom. The summed E-state index contributed by atoms with van der Waals surface area (Å²) >= 11 is 0. The summed E-state index contributed by atoms with van der Waals surface area (Å²) < 4.78 is 0. The first kappa shape index (κ1) is 11.8. The molecule has 0 aliphatic heterocycles. The Bertz CT molecular complexity index is 348. The van der Waals surface area contributed by atoms with Crippen molar-refractivity contribution in [1.29, 1.82) is 0 Å². The molecule has 1 aromatic carbocycles. The number of carbonyl (C=O) groups is 1. The van der Waals surface area contributed by atoms with Crippen LogP contribution in [0.5, 0.6) is 0 Å². The van der Waals surface area contributed by atoms with Gasteiger partial charge in [-0.25, -0.2) is 0 Å². The van der Waals surface area contributed by atoms with E-state index >= 15 is 0 Å². The van der Waals surface area contributed by atoms with Gasteiger partial charge in [0.05, 0.1) is 6.42 Å². The lowest BCUT2D eigenvalue weighted by atomic mass is 9.87. The minimum Gasteiger partial charge on any atom is -0.481 e. The second-order valence-electron chi connectivity index (χ2n) is 5.13. The molecule has 0 radical (unpaired) electrons. The van der Waals surface area contributed by atoms with Crippen LogP contribution in [0, 0.1) is 5.41 Å². The molecule has 0 heterocycles. The fourth-order valence-electron chi connectivity index (χ4n) is 1.64. The lowest BCUT2D eigenvalue weighted by Crippen LogP contribution is -2.09. The fourth-order valence-corrected chi connectivity index (χ4v) is 1.64. The van der Waals surface area contributed by atoms with Crippen LogP contribution in [-0.2, 0) is 17.6 Å². The minimum absolute atomic E-state index is 0.109. The predicted octanol–water partition coefficient (Wildman–Crippen LogP) is 2.90. The molecule has 0 bridgehead atoms. The zero-order valence-electron chi connectivity index (χ0n) is 9.58. The van der Waals surface area contributed by atoms with Gasteiger partial charge in [0.25, 0.3) is 0 Å². The zero-order valence-corrected chi connectivity index (χ0v) is 9.58. The molecule has 0 saturated carbocycles. The Hall–Kier alpha value is -1.31. The Kier molecular flexibility index (Phi) is 3.51. The van der Waals surface area contributed by atoms with E-state index in [1.165, 1.54) is 5.56 Å². The third-order valence-corrected chi connectivity index (χ3v) is 2.08. The highest BCUT2D eigenvalue weighted by molar-refractivity contribution is 5.70. The van der Waals surface area contributed by atoms with Crippen molar-refractivity contribution < 1.29 is 9.90 Å². The summed E-state index contributed by atoms with van der Waals surface area (Å²) in [5.41, 5.74) is 2.33. The maximum absolute atomic E-state index is 10.6. The number of aliphatic carboxylic acids is 1. The summed E-state index contributed by atoms with van der Waals surface area (Å²) in [6.07, 6.45) is 1.08. The average Bonchev–Trinajstić information content (AvgIpc) is 1.99. The van der Waals surface area contributed by atoms with E-state index in [1.807, 2.05) is 18.2 Å². The lowest BCUT2D eigenvalue weighted by molar-refractivity contribution is -0.136. The third kappa shape index (κ3) is 4.63. The van der Waals surface area contributed by atoms with Gasteiger partial charge in [0.2, 0.25) is 0 Å². The molecule has 0 saturated heterocycles. The molecule has 0 aliphatic carbocycles. The van der Waals surface area contributed by atoms with E-state index in [9.17, 15) is 4.79 Å². The summed E-state index contributed by atoms with van der Waals surface area (Å²) in [5.74, 6) is -0.775. The fraction of sp³-hybridized carbons (Fsp3) is 0.462. The van der Waals surface area contributed by atoms with Crippen molar-refractivity contribution in [2.45, 2.75) is 33.6 Å². The summed E-state index contributed by atoms with van der Waals surface area (Å²) in [7, 11) is 0. The second-order valence-corrected chi connectivity index (χ2v) is 5.13. The first-order valence-corrected chi connectivity index (χ1v) is 5.16. The Morgan fingerprint density at radius 3 is 2.40 bits per heavy atom. The van der Waals surface area contributed by atoms with Crippen LogP contribution in [0.3, 0.4) is 0 Å². The zero-order chi connectivity index (χ0) is 11.5. The molecule has 82 valence electrons. The molecule has 1 N–H and O–H groups in total. The van der Waals surface area contributed by atoms with Crippen molar-refractivity contribution >= 4 is 5.97 Å². The van der Waals surface area contributed by atoms with Crippen molar-refractivity contribution in [3.8, 4) is 0 Å². The van der Waals surface area contributed by atoms with Crippen LogP contribution in [0.2, 0.25) is 0 Å². The van der Waals surface area contributed by atoms with Gasteiger partial charge in [0, 0.05) is 0 Å². The molecule has 2 nitrogen and oxygen atoms in total. The highest BCUT2D eigenvalue weighted by atomic mass is 16.4. The molecule has 15 heavy (non-hydrogen) atoms. The minimum atomic E-state index is -0.775. The van der Waals surface area contributed by atoms with Crippen LogP contribution < -0.4 is 0 Å². The largest absolute Gasteiger partial charge is 0.481 e. The predicted molar refractivity (Wildman–Crippen MR) is 60.9 cm³/mol. The van der Waals surface area contributed by atoms with Gasteiger partial charge in [-0.1, -0.05) is 45.0 Å². The molecule has 0 fully saturated rings. The van der Waals surface area contributed by atoms with E-state index in [0.29, 0.717) is 0 Å². The first-order valence-electron chi connectivity index (χ1n) is 5.16. The summed E-state index contributed by atoms with van der Waals surface area (Å²) in [6, 6.07) is 7.83. The van der Waals surface area contributed by atoms with Crippen molar-refractivity contribution in [1.82, 2.24) is 0 Å². The van der Waals surface area contributed by atoms with Crippen LogP contribution >= 0.6 is 0 Å². The maximum Gasteiger partial charge on any atom is 0.307 e. The molecule has 0 atom stereocenters. The molecule has 1 rings (SSSR count). The standard InChI is InChI=1S/C13H18O2/c1-13(2,3)9-11-6-4-5-10(7-11)8-12(14)15/h4-7H,8-9H2,1-3H3,(H,14,15). The number of carboxylic acids is 1. The van der Waals surface area contributed by atoms with Crippen molar-refractivity contribution in [2.24, 2.45) is 5.41 Å². The number of rotatable bonds is 3. The summed E-state index contributed by atoms with van der Waals surface area (Å²) in [5, 5.41) is 8.69. The van der Waals surface area contributed by atoms with E-state index in [2.05, 4.69) is 26.8 Å². The molecule has 0 spiro atoms. The molecule has 0 amide bonds. The molecular formula is C13H18O2. The monoisotopic (exact) mass is 206 g/mol. The summed E-state index contributed by atoms with van der Waals surface area (Å²) in [6.45, 7) is 6.53. The quantitative estimate of drug-likeness (QED) is 0.825. The lowest BCUT2D eigenvalue weighted by Gasteiger charge is -2.18. The van der Waals surface area contributed by atoms with Crippen LogP contribution in [0.4, 0.5) is 0 Å². The second kappa shape index (κ2) is 4.47. The Morgan fingerprint density at radius 2 is 1.87 bits per heavy atom. The first-order chi connectivity index (χ1) is 6.87. The highest BCUT2D eigenvalue weighted by Crippen LogP contribution is 2.21. The maximum atomic E-state index is 10.6. The topological polar surface area (TPSA) is 37.3 Å². The van der Waals surface area contributed by atoms with E-state index in [-0.39, 0.29) is 11.8 Å². The number of benzene rings is 1. The van der Waals surface area contributed by atoms with Gasteiger partial charge in [-0.3, -0.25) is 4.79 Å². The van der Waals surface area contributed by atoms with Crippen LogP contribution in [0.15, 0.2) is 24.3 Å². The van der Waals surface area contributed by atoms with E-state index < -0.39 is 5.97 Å². The smallest absolute Gasteiger partial charge is 0.307 e. The number of carboxylic acid groups (broad SMARTS) is 1. The van der Waals surface area contributed by atoms with Crippen molar-refractivity contribution in [3.05, 3.63) is 35.4 Å². The van der Waals surface area contributed by atoms with Gasteiger partial charge in [0.1, 0.15) is 0 Å². The van der Waals surface area contributed by atoms with Crippen molar-refractivity contribution in [2.75, 3.05) is 0 Å². The van der Waals surface area contributed by atoms with Gasteiger partial charge in [-0.2, -0.15) is 0 Å². The third-order valence-electron chi connectivity index (χ3n) is 2.08. The average molecular weight is 206 g/mol. The van der Waals surface area contributed by atoms with E-state index in [1.54, 1.807) is 0 Å². The molecule has 2 heteroatoms. The Labute approximate surface area is 90.9 Å². The van der Waals surface area contributed by atoms with Crippen LogP contribution in [0.25, 0.3) is 0 Å². The van der Waals surface area contributed by atoms with Gasteiger partial charge in [-0.05, 0) is 23.0 Å². The normalized spacial score (nSPS) is 11.4. The molecule has 1 aromatic rings. The van der Waals surface area contributed by atoms with Crippen LogP contribution in [-0.4, -0.2) is 11.1 Å². The number of hydrogen-bond donors (Lipinski definition) is 1.